The van der Waals surface area contributed by atoms with Crippen molar-refractivity contribution in [2.24, 2.45) is 0 Å². The number of ether oxygens (including phenoxy) is 1. The zero-order valence-electron chi connectivity index (χ0n) is 9.27. The summed E-state index contributed by atoms with van der Waals surface area (Å²) < 4.78 is 20.1. The van der Waals surface area contributed by atoms with Crippen molar-refractivity contribution in [1.29, 1.82) is 0 Å². The molecule has 0 bridgehead atoms. The Morgan fingerprint density at radius 3 is 3.00 bits per heavy atom. The van der Waals surface area contributed by atoms with Crippen LogP contribution in [-0.4, -0.2) is 27.4 Å². The summed E-state index contributed by atoms with van der Waals surface area (Å²) in [6.45, 7) is 1.17. The van der Waals surface area contributed by atoms with Gasteiger partial charge in [-0.15, -0.1) is 0 Å². The first kappa shape index (κ1) is 12.0. The van der Waals surface area contributed by atoms with Crippen LogP contribution in [0.5, 0.6) is 0 Å². The van der Waals surface area contributed by atoms with Gasteiger partial charge in [0.2, 0.25) is 0 Å². The van der Waals surface area contributed by atoms with Gasteiger partial charge in [0.05, 0.1) is 12.7 Å². The molecule has 94 valence electrons. The van der Waals surface area contributed by atoms with Gasteiger partial charge in [-0.25, -0.2) is 9.36 Å². The molecule has 0 radical (unpaired) electrons. The normalized spacial score (nSPS) is 28.5. The number of aliphatic hydroxyl groups is 1. The Morgan fingerprint density at radius 2 is 2.41 bits per heavy atom. The second-order valence-electron chi connectivity index (χ2n) is 4.09. The lowest BCUT2D eigenvalue weighted by atomic mass is 10.2. The molecule has 2 N–H and O–H groups in total. The minimum Gasteiger partial charge on any atom is -0.394 e. The molecule has 1 fully saturated rings. The lowest BCUT2D eigenvalue weighted by Gasteiger charge is -2.22. The molecule has 0 amide bonds. The number of nitrogens with one attached hydrogen (secondary N) is 1. The molecular weight excluding hydrogens is 231 g/mol. The lowest BCUT2D eigenvalue weighted by Crippen LogP contribution is -2.42. The second kappa shape index (κ2) is 4.08. The van der Waals surface area contributed by atoms with E-state index in [0.29, 0.717) is 6.42 Å². The Balaban J connectivity index is 2.44. The third kappa shape index (κ3) is 2.03. The molecule has 0 aromatic carbocycles. The highest BCUT2D eigenvalue weighted by Crippen LogP contribution is 2.34. The van der Waals surface area contributed by atoms with Crippen LogP contribution < -0.4 is 11.2 Å². The Kier molecular flexibility index (Phi) is 2.88. The van der Waals surface area contributed by atoms with Crippen LogP contribution in [0.4, 0.5) is 4.39 Å². The largest absolute Gasteiger partial charge is 0.394 e. The van der Waals surface area contributed by atoms with Crippen molar-refractivity contribution in [2.45, 2.75) is 31.8 Å². The van der Waals surface area contributed by atoms with E-state index < -0.39 is 23.3 Å². The molecule has 7 heteroatoms. The second-order valence-corrected chi connectivity index (χ2v) is 4.09. The molecule has 1 aliphatic heterocycles. The number of alkyl halides is 1. The minimum atomic E-state index is -2.29. The molecule has 2 rings (SSSR count). The Bertz CT molecular complexity index is 538. The summed E-state index contributed by atoms with van der Waals surface area (Å²) in [5, 5.41) is 8.88. The number of hydrogen-bond donors (Lipinski definition) is 2. The molecule has 6 nitrogen and oxygen atoms in total. The summed E-state index contributed by atoms with van der Waals surface area (Å²) in [6, 6.07) is 0. The number of hydrogen-bond acceptors (Lipinski definition) is 4. The number of aromatic nitrogens is 2. The highest BCUT2D eigenvalue weighted by molar-refractivity contribution is 5.02. The van der Waals surface area contributed by atoms with Crippen LogP contribution in [0.15, 0.2) is 15.8 Å². The van der Waals surface area contributed by atoms with Crippen LogP contribution in [0.2, 0.25) is 0 Å². The van der Waals surface area contributed by atoms with E-state index in [1.807, 2.05) is 4.98 Å². The standard InChI is InChI=1S/C10H13FN2O4/c1-6-4-13(9(16)12-8(6)15)10(11)3-2-7(5-14)17-10/h4,7,14H,2-3,5H2,1H3,(H,12,15,16)/t7-,10-/m0/s1. The van der Waals surface area contributed by atoms with Crippen molar-refractivity contribution in [2.75, 3.05) is 6.61 Å². The van der Waals surface area contributed by atoms with Gasteiger partial charge in [0.15, 0.2) is 0 Å². The topological polar surface area (TPSA) is 84.3 Å². The molecular formula is C10H13FN2O4. The van der Waals surface area contributed by atoms with E-state index in [4.69, 9.17) is 9.84 Å². The molecule has 1 aromatic heterocycles. The summed E-state index contributed by atoms with van der Waals surface area (Å²) in [5.74, 6) is -2.29. The van der Waals surface area contributed by atoms with Crippen molar-refractivity contribution in [3.63, 3.8) is 0 Å². The fourth-order valence-corrected chi connectivity index (χ4v) is 1.83. The van der Waals surface area contributed by atoms with Gasteiger partial charge in [-0.2, -0.15) is 4.39 Å². The van der Waals surface area contributed by atoms with E-state index in [9.17, 15) is 14.0 Å². The number of aryl methyl sites for hydroxylation is 1. The van der Waals surface area contributed by atoms with Crippen molar-refractivity contribution in [3.05, 3.63) is 32.6 Å². The summed E-state index contributed by atoms with van der Waals surface area (Å²) in [7, 11) is 0. The third-order valence-corrected chi connectivity index (χ3v) is 2.81. The first-order valence-electron chi connectivity index (χ1n) is 5.27. The lowest BCUT2D eigenvalue weighted by molar-refractivity contribution is -0.204. The average Bonchev–Trinajstić information content (AvgIpc) is 2.66. The van der Waals surface area contributed by atoms with E-state index in [1.54, 1.807) is 0 Å². The van der Waals surface area contributed by atoms with Gasteiger partial charge in [0.25, 0.3) is 11.5 Å². The number of rotatable bonds is 2. The zero-order valence-corrected chi connectivity index (χ0v) is 9.27. The fraction of sp³-hybridized carbons (Fsp3) is 0.600. The summed E-state index contributed by atoms with van der Waals surface area (Å²) in [4.78, 5) is 24.7. The van der Waals surface area contributed by atoms with E-state index in [2.05, 4.69) is 0 Å². The Morgan fingerprint density at radius 1 is 1.71 bits per heavy atom. The summed E-state index contributed by atoms with van der Waals surface area (Å²) >= 11 is 0. The predicted molar refractivity (Wildman–Crippen MR) is 56.3 cm³/mol. The van der Waals surface area contributed by atoms with Gasteiger partial charge in [0, 0.05) is 18.2 Å². The van der Waals surface area contributed by atoms with Crippen LogP contribution in [0.3, 0.4) is 0 Å². The van der Waals surface area contributed by atoms with E-state index in [1.165, 1.54) is 6.92 Å². The SMILES string of the molecule is Cc1cn([C@@]2(F)CC[C@@H](CO)O2)c(=O)[nH]c1=O. The summed E-state index contributed by atoms with van der Waals surface area (Å²) in [6.07, 6.45) is 0.779. The molecule has 1 aromatic rings. The molecule has 0 saturated carbocycles. The van der Waals surface area contributed by atoms with E-state index in [0.717, 1.165) is 10.8 Å². The van der Waals surface area contributed by atoms with Gasteiger partial charge >= 0.3 is 5.69 Å². The van der Waals surface area contributed by atoms with Crippen LogP contribution in [-0.2, 0) is 10.7 Å². The average molecular weight is 244 g/mol. The van der Waals surface area contributed by atoms with Gasteiger partial charge in [-0.3, -0.25) is 9.78 Å². The van der Waals surface area contributed by atoms with Gasteiger partial charge in [-0.05, 0) is 13.3 Å². The number of aliphatic hydroxyl groups excluding tert-OH is 1. The highest BCUT2D eigenvalue weighted by atomic mass is 19.2. The van der Waals surface area contributed by atoms with Gasteiger partial charge in [0.1, 0.15) is 0 Å². The molecule has 0 aliphatic carbocycles. The van der Waals surface area contributed by atoms with Crippen LogP contribution in [0, 0.1) is 6.92 Å². The number of nitrogens with zero attached hydrogens (tertiary/aromatic N) is 1. The van der Waals surface area contributed by atoms with Gasteiger partial charge < -0.3 is 9.84 Å². The Hall–Kier alpha value is -1.47. The van der Waals surface area contributed by atoms with Crippen LogP contribution in [0.1, 0.15) is 18.4 Å². The molecule has 2 atom stereocenters. The van der Waals surface area contributed by atoms with Crippen LogP contribution in [0.25, 0.3) is 0 Å². The fourth-order valence-electron chi connectivity index (χ4n) is 1.83. The minimum absolute atomic E-state index is 0.0381. The van der Waals surface area contributed by atoms with Crippen molar-refractivity contribution >= 4 is 0 Å². The number of halogens is 1. The van der Waals surface area contributed by atoms with Gasteiger partial charge in [-0.1, -0.05) is 0 Å². The smallest absolute Gasteiger partial charge is 0.332 e. The predicted octanol–water partition coefficient (Wildman–Crippen LogP) is -0.404. The third-order valence-electron chi connectivity index (χ3n) is 2.81. The first-order chi connectivity index (χ1) is 7.96. The monoisotopic (exact) mass is 244 g/mol. The molecule has 0 spiro atoms. The first-order valence-corrected chi connectivity index (χ1v) is 5.27. The number of aromatic amines is 1. The highest BCUT2D eigenvalue weighted by Gasteiger charge is 2.43. The Labute approximate surface area is 95.7 Å². The molecule has 1 aliphatic rings. The zero-order chi connectivity index (χ0) is 12.6. The quantitative estimate of drug-likeness (QED) is 0.741. The van der Waals surface area contributed by atoms with Crippen molar-refractivity contribution < 1.29 is 14.2 Å². The molecule has 1 saturated heterocycles. The number of H-pyrrole nitrogens is 1. The maximum absolute atomic E-state index is 14.4. The maximum atomic E-state index is 14.4. The summed E-state index contributed by atoms with van der Waals surface area (Å²) in [5.41, 5.74) is -1.19. The molecule has 0 unspecified atom stereocenters. The van der Waals surface area contributed by atoms with E-state index >= 15 is 0 Å². The van der Waals surface area contributed by atoms with E-state index in [-0.39, 0.29) is 18.6 Å². The maximum Gasteiger partial charge on any atom is 0.332 e. The molecule has 17 heavy (non-hydrogen) atoms. The van der Waals surface area contributed by atoms with Crippen LogP contribution >= 0.6 is 0 Å². The van der Waals surface area contributed by atoms with Crippen molar-refractivity contribution in [3.8, 4) is 0 Å². The van der Waals surface area contributed by atoms with Crippen molar-refractivity contribution in [1.82, 2.24) is 9.55 Å². The molecule has 2 heterocycles.